The summed E-state index contributed by atoms with van der Waals surface area (Å²) in [6, 6.07) is 0.467. The highest BCUT2D eigenvalue weighted by Gasteiger charge is 2.23. The second-order valence-electron chi connectivity index (χ2n) is 3.68. The van der Waals surface area contributed by atoms with Gasteiger partial charge in [-0.2, -0.15) is 0 Å². The van der Waals surface area contributed by atoms with Crippen LogP contribution in [0.4, 0.5) is 0 Å². The smallest absolute Gasteiger partial charge is 0.224 e. The van der Waals surface area contributed by atoms with Gasteiger partial charge in [0.15, 0.2) is 0 Å². The lowest BCUT2D eigenvalue weighted by Crippen LogP contribution is -2.35. The van der Waals surface area contributed by atoms with Gasteiger partial charge in [0, 0.05) is 25.6 Å². The molecule has 1 rings (SSSR count). The van der Waals surface area contributed by atoms with Crippen LogP contribution in [0.2, 0.25) is 0 Å². The van der Waals surface area contributed by atoms with Gasteiger partial charge in [-0.05, 0) is 26.3 Å². The number of rotatable bonds is 4. The van der Waals surface area contributed by atoms with Crippen LogP contribution in [0, 0.1) is 0 Å². The zero-order chi connectivity index (χ0) is 9.68. The van der Waals surface area contributed by atoms with Gasteiger partial charge in [-0.25, -0.2) is 0 Å². The molecule has 1 unspecified atom stereocenters. The Labute approximate surface area is 80.5 Å². The van der Waals surface area contributed by atoms with Crippen molar-refractivity contribution in [3.05, 3.63) is 0 Å². The van der Waals surface area contributed by atoms with E-state index in [-0.39, 0.29) is 0 Å². The maximum atomic E-state index is 11.6. The van der Waals surface area contributed by atoms with Crippen LogP contribution in [0.3, 0.4) is 0 Å². The first-order valence-corrected chi connectivity index (χ1v) is 5.26. The van der Waals surface area contributed by atoms with E-state index in [1.165, 1.54) is 12.8 Å². The molecule has 1 atom stereocenters. The molecule has 3 nitrogen and oxygen atoms in total. The van der Waals surface area contributed by atoms with E-state index < -0.39 is 0 Å². The van der Waals surface area contributed by atoms with Crippen LogP contribution < -0.4 is 5.32 Å². The van der Waals surface area contributed by atoms with E-state index in [0.29, 0.717) is 18.4 Å². The SMILES string of the molecule is CCNCCC(=O)N1CCCC1C. The predicted molar refractivity (Wildman–Crippen MR) is 53.6 cm³/mol. The molecule has 0 saturated carbocycles. The lowest BCUT2D eigenvalue weighted by atomic mass is 10.2. The molecule has 0 spiro atoms. The van der Waals surface area contributed by atoms with Crippen LogP contribution >= 0.6 is 0 Å². The van der Waals surface area contributed by atoms with Crippen molar-refractivity contribution in [2.45, 2.75) is 39.2 Å². The van der Waals surface area contributed by atoms with Crippen molar-refractivity contribution in [1.82, 2.24) is 10.2 Å². The monoisotopic (exact) mass is 184 g/mol. The molecule has 1 aliphatic heterocycles. The third-order valence-corrected chi connectivity index (χ3v) is 2.64. The molecule has 3 heteroatoms. The molecule has 1 N–H and O–H groups in total. The number of nitrogens with one attached hydrogen (secondary N) is 1. The molecule has 1 saturated heterocycles. The number of amides is 1. The Balaban J connectivity index is 2.22. The van der Waals surface area contributed by atoms with E-state index in [9.17, 15) is 4.79 Å². The summed E-state index contributed by atoms with van der Waals surface area (Å²) in [5.41, 5.74) is 0. The Morgan fingerprint density at radius 1 is 1.62 bits per heavy atom. The van der Waals surface area contributed by atoms with Gasteiger partial charge < -0.3 is 10.2 Å². The van der Waals surface area contributed by atoms with Crippen LogP contribution in [0.5, 0.6) is 0 Å². The first kappa shape index (κ1) is 10.5. The van der Waals surface area contributed by atoms with E-state index in [1.807, 2.05) is 4.90 Å². The molecule has 1 amide bonds. The van der Waals surface area contributed by atoms with Crippen molar-refractivity contribution in [2.75, 3.05) is 19.6 Å². The van der Waals surface area contributed by atoms with Gasteiger partial charge in [0.25, 0.3) is 0 Å². The summed E-state index contributed by atoms with van der Waals surface area (Å²) < 4.78 is 0. The second-order valence-corrected chi connectivity index (χ2v) is 3.68. The average Bonchev–Trinajstić information content (AvgIpc) is 2.52. The zero-order valence-electron chi connectivity index (χ0n) is 8.68. The number of nitrogens with zero attached hydrogens (tertiary/aromatic N) is 1. The summed E-state index contributed by atoms with van der Waals surface area (Å²) >= 11 is 0. The van der Waals surface area contributed by atoms with Gasteiger partial charge in [0.05, 0.1) is 0 Å². The minimum Gasteiger partial charge on any atom is -0.340 e. The Bertz CT molecular complexity index is 170. The van der Waals surface area contributed by atoms with Crippen molar-refractivity contribution in [1.29, 1.82) is 0 Å². The van der Waals surface area contributed by atoms with Crippen LogP contribution in [0.15, 0.2) is 0 Å². The third-order valence-electron chi connectivity index (χ3n) is 2.64. The highest BCUT2D eigenvalue weighted by molar-refractivity contribution is 5.76. The molecule has 1 heterocycles. The Hall–Kier alpha value is -0.570. The lowest BCUT2D eigenvalue weighted by Gasteiger charge is -2.21. The maximum absolute atomic E-state index is 11.6. The van der Waals surface area contributed by atoms with E-state index in [4.69, 9.17) is 0 Å². The molecule has 13 heavy (non-hydrogen) atoms. The van der Waals surface area contributed by atoms with E-state index in [2.05, 4.69) is 19.2 Å². The Morgan fingerprint density at radius 2 is 2.38 bits per heavy atom. The third kappa shape index (κ3) is 2.99. The second kappa shape index (κ2) is 5.22. The molecular formula is C10H20N2O. The average molecular weight is 184 g/mol. The standard InChI is InChI=1S/C10H20N2O/c1-3-11-7-6-10(13)12-8-4-5-9(12)2/h9,11H,3-8H2,1-2H3. The number of likely N-dealkylation sites (tertiary alicyclic amines) is 1. The van der Waals surface area contributed by atoms with Crippen LogP contribution in [0.25, 0.3) is 0 Å². The van der Waals surface area contributed by atoms with Gasteiger partial charge in [0.1, 0.15) is 0 Å². The van der Waals surface area contributed by atoms with Crippen LogP contribution in [-0.2, 0) is 4.79 Å². The first-order valence-electron chi connectivity index (χ1n) is 5.26. The molecule has 0 radical (unpaired) electrons. The summed E-state index contributed by atoms with van der Waals surface area (Å²) in [4.78, 5) is 13.6. The Morgan fingerprint density at radius 3 is 2.92 bits per heavy atom. The molecule has 0 aromatic rings. The summed E-state index contributed by atoms with van der Waals surface area (Å²) in [5.74, 6) is 0.311. The fourth-order valence-corrected chi connectivity index (χ4v) is 1.82. The topological polar surface area (TPSA) is 32.3 Å². The van der Waals surface area contributed by atoms with E-state index in [1.54, 1.807) is 0 Å². The normalized spacial score (nSPS) is 22.3. The van der Waals surface area contributed by atoms with Crippen LogP contribution in [0.1, 0.15) is 33.1 Å². The molecule has 0 bridgehead atoms. The number of carbonyl (C=O) groups is 1. The van der Waals surface area contributed by atoms with Crippen molar-refractivity contribution in [2.24, 2.45) is 0 Å². The molecule has 76 valence electrons. The fourth-order valence-electron chi connectivity index (χ4n) is 1.82. The maximum Gasteiger partial charge on any atom is 0.224 e. The quantitative estimate of drug-likeness (QED) is 0.661. The number of carbonyl (C=O) groups excluding carboxylic acids is 1. The zero-order valence-corrected chi connectivity index (χ0v) is 8.68. The van der Waals surface area contributed by atoms with E-state index in [0.717, 1.165) is 19.6 Å². The van der Waals surface area contributed by atoms with Crippen molar-refractivity contribution < 1.29 is 4.79 Å². The van der Waals surface area contributed by atoms with Crippen LogP contribution in [-0.4, -0.2) is 36.5 Å². The molecule has 0 aliphatic carbocycles. The number of hydrogen-bond acceptors (Lipinski definition) is 2. The van der Waals surface area contributed by atoms with Gasteiger partial charge in [0.2, 0.25) is 5.91 Å². The van der Waals surface area contributed by atoms with E-state index >= 15 is 0 Å². The summed E-state index contributed by atoms with van der Waals surface area (Å²) in [6.07, 6.45) is 3.00. The summed E-state index contributed by atoms with van der Waals surface area (Å²) in [6.45, 7) is 6.93. The van der Waals surface area contributed by atoms with Gasteiger partial charge in [-0.3, -0.25) is 4.79 Å². The highest BCUT2D eigenvalue weighted by Crippen LogP contribution is 2.16. The number of hydrogen-bond donors (Lipinski definition) is 1. The first-order chi connectivity index (χ1) is 6.25. The highest BCUT2D eigenvalue weighted by atomic mass is 16.2. The van der Waals surface area contributed by atoms with Crippen molar-refractivity contribution >= 4 is 5.91 Å². The van der Waals surface area contributed by atoms with Crippen molar-refractivity contribution in [3.63, 3.8) is 0 Å². The summed E-state index contributed by atoms with van der Waals surface area (Å²) in [5, 5.41) is 3.17. The fraction of sp³-hybridized carbons (Fsp3) is 0.900. The largest absolute Gasteiger partial charge is 0.340 e. The van der Waals surface area contributed by atoms with Gasteiger partial charge in [-0.15, -0.1) is 0 Å². The molecule has 0 aromatic carbocycles. The van der Waals surface area contributed by atoms with Crippen molar-refractivity contribution in [3.8, 4) is 0 Å². The van der Waals surface area contributed by atoms with Gasteiger partial charge >= 0.3 is 0 Å². The molecule has 1 fully saturated rings. The molecule has 1 aliphatic rings. The Kier molecular flexibility index (Phi) is 4.22. The minimum atomic E-state index is 0.311. The summed E-state index contributed by atoms with van der Waals surface area (Å²) in [7, 11) is 0. The molecule has 0 aromatic heterocycles. The molecular weight excluding hydrogens is 164 g/mol. The minimum absolute atomic E-state index is 0.311. The predicted octanol–water partition coefficient (Wildman–Crippen LogP) is 0.997. The lowest BCUT2D eigenvalue weighted by molar-refractivity contribution is -0.131. The van der Waals surface area contributed by atoms with Gasteiger partial charge in [-0.1, -0.05) is 6.92 Å².